The average molecular weight is 318 g/mol. The van der Waals surface area contributed by atoms with Crippen molar-refractivity contribution in [1.29, 1.82) is 0 Å². The molecule has 0 aliphatic carbocycles. The molecule has 2 rings (SSSR count). The third-order valence-corrected chi connectivity index (χ3v) is 4.26. The fourth-order valence-corrected chi connectivity index (χ4v) is 2.15. The minimum Gasteiger partial charge on any atom is -0.400 e. The third kappa shape index (κ3) is 4.12. The highest BCUT2D eigenvalue weighted by molar-refractivity contribution is 6.56. The molecule has 23 heavy (non-hydrogen) atoms. The lowest BCUT2D eigenvalue weighted by Crippen LogP contribution is -2.41. The molecule has 0 aromatic carbocycles. The first-order valence-corrected chi connectivity index (χ1v) is 7.60. The molecule has 6 nitrogen and oxygen atoms in total. The first-order valence-electron chi connectivity index (χ1n) is 7.60. The molecule has 7 heteroatoms. The standard InChI is InChI=1S/C16H23BN2O4/c1-11(20)18-10-13(8-12-6-7-14(21)19-9-12)17-22-15(2,3)16(4,5)23-17/h6-9H,10H2,1-5H3,(H,18,20)(H,19,21). The van der Waals surface area contributed by atoms with Crippen molar-refractivity contribution >= 4 is 19.1 Å². The van der Waals surface area contributed by atoms with E-state index in [0.717, 1.165) is 11.0 Å². The highest BCUT2D eigenvalue weighted by Gasteiger charge is 2.52. The lowest BCUT2D eigenvalue weighted by molar-refractivity contribution is -0.118. The second kappa shape index (κ2) is 6.33. The van der Waals surface area contributed by atoms with Crippen LogP contribution in [0, 0.1) is 0 Å². The SMILES string of the molecule is CC(=O)NCC(=Cc1ccc(=O)[nH]c1)B1OC(C)(C)C(C)(C)O1. The molecule has 0 atom stereocenters. The van der Waals surface area contributed by atoms with Gasteiger partial charge in [-0.2, -0.15) is 0 Å². The summed E-state index contributed by atoms with van der Waals surface area (Å²) in [5, 5.41) is 2.77. The maximum absolute atomic E-state index is 11.2. The van der Waals surface area contributed by atoms with E-state index in [-0.39, 0.29) is 11.5 Å². The molecule has 0 radical (unpaired) electrons. The van der Waals surface area contributed by atoms with Crippen LogP contribution in [0.4, 0.5) is 0 Å². The van der Waals surface area contributed by atoms with Gasteiger partial charge in [0.05, 0.1) is 11.2 Å². The van der Waals surface area contributed by atoms with E-state index in [0.29, 0.717) is 6.54 Å². The molecule has 0 saturated carbocycles. The van der Waals surface area contributed by atoms with Crippen molar-refractivity contribution in [3.05, 3.63) is 39.7 Å². The van der Waals surface area contributed by atoms with Crippen molar-refractivity contribution in [3.8, 4) is 0 Å². The van der Waals surface area contributed by atoms with Crippen LogP contribution < -0.4 is 10.9 Å². The molecule has 2 N–H and O–H groups in total. The smallest absolute Gasteiger partial charge is 0.400 e. The Kier molecular flexibility index (Phi) is 4.82. The van der Waals surface area contributed by atoms with Gasteiger partial charge in [-0.3, -0.25) is 9.59 Å². The van der Waals surface area contributed by atoms with E-state index in [2.05, 4.69) is 10.3 Å². The number of aromatic amines is 1. The molecule has 1 saturated heterocycles. The summed E-state index contributed by atoms with van der Waals surface area (Å²) in [6.45, 7) is 9.67. The van der Waals surface area contributed by atoms with E-state index in [1.807, 2.05) is 33.8 Å². The van der Waals surface area contributed by atoms with Crippen LogP contribution in [0.25, 0.3) is 6.08 Å². The van der Waals surface area contributed by atoms with Crippen LogP contribution in [0.1, 0.15) is 40.2 Å². The average Bonchev–Trinajstić information content (AvgIpc) is 2.65. The van der Waals surface area contributed by atoms with Crippen molar-refractivity contribution < 1.29 is 14.1 Å². The summed E-state index contributed by atoms with van der Waals surface area (Å²) in [6, 6.07) is 3.16. The van der Waals surface area contributed by atoms with Gasteiger partial charge in [0.15, 0.2) is 0 Å². The van der Waals surface area contributed by atoms with Gasteiger partial charge in [-0.1, -0.05) is 6.08 Å². The summed E-state index contributed by atoms with van der Waals surface area (Å²) in [6.07, 6.45) is 3.47. The van der Waals surface area contributed by atoms with E-state index in [4.69, 9.17) is 9.31 Å². The molecule has 1 aliphatic heterocycles. The van der Waals surface area contributed by atoms with Gasteiger partial charge in [-0.15, -0.1) is 0 Å². The minimum absolute atomic E-state index is 0.131. The van der Waals surface area contributed by atoms with Crippen molar-refractivity contribution in [3.63, 3.8) is 0 Å². The van der Waals surface area contributed by atoms with Crippen LogP contribution in [0.3, 0.4) is 0 Å². The number of nitrogens with one attached hydrogen (secondary N) is 2. The number of hydrogen-bond acceptors (Lipinski definition) is 4. The highest BCUT2D eigenvalue weighted by Crippen LogP contribution is 2.38. The fourth-order valence-electron chi connectivity index (χ4n) is 2.15. The van der Waals surface area contributed by atoms with E-state index in [9.17, 15) is 9.59 Å². The molecule has 124 valence electrons. The zero-order valence-corrected chi connectivity index (χ0v) is 14.2. The largest absolute Gasteiger partial charge is 0.492 e. The Morgan fingerprint density at radius 2 is 1.87 bits per heavy atom. The highest BCUT2D eigenvalue weighted by atomic mass is 16.7. The first-order chi connectivity index (χ1) is 10.6. The van der Waals surface area contributed by atoms with Crippen LogP contribution >= 0.6 is 0 Å². The molecule has 1 aliphatic rings. The number of rotatable bonds is 4. The lowest BCUT2D eigenvalue weighted by atomic mass is 9.77. The normalized spacial score (nSPS) is 19.7. The number of pyridine rings is 1. The number of H-pyrrole nitrogens is 1. The molecule has 1 aromatic rings. The van der Waals surface area contributed by atoms with Gasteiger partial charge in [0.25, 0.3) is 0 Å². The third-order valence-electron chi connectivity index (χ3n) is 4.26. The van der Waals surface area contributed by atoms with Crippen molar-refractivity contribution in [1.82, 2.24) is 10.3 Å². The molecule has 1 aromatic heterocycles. The van der Waals surface area contributed by atoms with Crippen LogP contribution in [0.15, 0.2) is 28.6 Å². The first kappa shape index (κ1) is 17.5. The fraction of sp³-hybridized carbons (Fsp3) is 0.500. The summed E-state index contributed by atoms with van der Waals surface area (Å²) >= 11 is 0. The van der Waals surface area contributed by atoms with Gasteiger partial charge in [-0.25, -0.2) is 0 Å². The van der Waals surface area contributed by atoms with Gasteiger partial charge in [0.1, 0.15) is 0 Å². The van der Waals surface area contributed by atoms with E-state index in [1.54, 1.807) is 12.3 Å². The number of carbonyl (C=O) groups is 1. The molecule has 1 fully saturated rings. The number of hydrogen-bond donors (Lipinski definition) is 2. The van der Waals surface area contributed by atoms with Crippen molar-refractivity contribution in [2.75, 3.05) is 6.54 Å². The Labute approximate surface area is 136 Å². The quantitative estimate of drug-likeness (QED) is 0.825. The maximum Gasteiger partial charge on any atom is 0.492 e. The molecule has 0 bridgehead atoms. The second-order valence-corrected chi connectivity index (χ2v) is 6.70. The molecular formula is C16H23BN2O4. The number of carbonyl (C=O) groups excluding carboxylic acids is 1. The van der Waals surface area contributed by atoms with E-state index >= 15 is 0 Å². The van der Waals surface area contributed by atoms with Crippen molar-refractivity contribution in [2.24, 2.45) is 0 Å². The Bertz CT molecular complexity index is 642. The molecule has 1 amide bonds. The van der Waals surface area contributed by atoms with Gasteiger partial charge in [-0.05, 0) is 44.8 Å². The predicted molar refractivity (Wildman–Crippen MR) is 89.8 cm³/mol. The van der Waals surface area contributed by atoms with Crippen LogP contribution in [-0.2, 0) is 14.1 Å². The number of aromatic nitrogens is 1. The maximum atomic E-state index is 11.2. The molecular weight excluding hydrogens is 295 g/mol. The van der Waals surface area contributed by atoms with Crippen molar-refractivity contribution in [2.45, 2.75) is 45.8 Å². The molecule has 2 heterocycles. The van der Waals surface area contributed by atoms with E-state index < -0.39 is 18.3 Å². The Balaban J connectivity index is 2.29. The zero-order chi connectivity index (χ0) is 17.3. The summed E-state index contributed by atoms with van der Waals surface area (Å²) in [5.74, 6) is -0.131. The van der Waals surface area contributed by atoms with Gasteiger partial charge in [0, 0.05) is 25.7 Å². The summed E-state index contributed by atoms with van der Waals surface area (Å²) in [5.41, 5.74) is 0.502. The topological polar surface area (TPSA) is 80.4 Å². The molecule has 0 unspecified atom stereocenters. The summed E-state index contributed by atoms with van der Waals surface area (Å²) < 4.78 is 12.1. The number of amides is 1. The minimum atomic E-state index is -0.557. The van der Waals surface area contributed by atoms with Gasteiger partial charge < -0.3 is 19.6 Å². The Hall–Kier alpha value is -1.86. The monoisotopic (exact) mass is 318 g/mol. The predicted octanol–water partition coefficient (Wildman–Crippen LogP) is 1.53. The van der Waals surface area contributed by atoms with Gasteiger partial charge in [0.2, 0.25) is 11.5 Å². The second-order valence-electron chi connectivity index (χ2n) is 6.70. The van der Waals surface area contributed by atoms with Crippen LogP contribution in [-0.4, -0.2) is 35.8 Å². The summed E-state index contributed by atoms with van der Waals surface area (Å²) in [4.78, 5) is 25.0. The lowest BCUT2D eigenvalue weighted by Gasteiger charge is -2.32. The summed E-state index contributed by atoms with van der Waals surface area (Å²) in [7, 11) is -0.557. The van der Waals surface area contributed by atoms with Crippen LogP contribution in [0.5, 0.6) is 0 Å². The molecule has 0 spiro atoms. The Morgan fingerprint density at radius 1 is 1.26 bits per heavy atom. The zero-order valence-electron chi connectivity index (χ0n) is 14.2. The Morgan fingerprint density at radius 3 is 2.35 bits per heavy atom. The van der Waals surface area contributed by atoms with Gasteiger partial charge >= 0.3 is 7.12 Å². The van der Waals surface area contributed by atoms with Crippen LogP contribution in [0.2, 0.25) is 0 Å². The van der Waals surface area contributed by atoms with E-state index in [1.165, 1.54) is 13.0 Å².